The highest BCUT2D eigenvalue weighted by atomic mass is 32.1. The van der Waals surface area contributed by atoms with Crippen LogP contribution in [0.2, 0.25) is 0 Å². The lowest BCUT2D eigenvalue weighted by molar-refractivity contribution is -0.385. The van der Waals surface area contributed by atoms with Crippen LogP contribution in [0.5, 0.6) is 0 Å². The molecule has 2 aromatic heterocycles. The minimum Gasteiger partial charge on any atom is -0.373 e. The van der Waals surface area contributed by atoms with Gasteiger partial charge < -0.3 is 15.1 Å². The molecule has 9 heteroatoms. The van der Waals surface area contributed by atoms with E-state index in [0.29, 0.717) is 12.1 Å². The van der Waals surface area contributed by atoms with E-state index in [4.69, 9.17) is 0 Å². The first-order valence-electron chi connectivity index (χ1n) is 9.17. The molecule has 0 amide bonds. The number of rotatable bonds is 9. The lowest BCUT2D eigenvalue weighted by Crippen LogP contribution is -2.28. The summed E-state index contributed by atoms with van der Waals surface area (Å²) in [6, 6.07) is 9.04. The van der Waals surface area contributed by atoms with Gasteiger partial charge in [0.15, 0.2) is 5.13 Å². The van der Waals surface area contributed by atoms with E-state index in [2.05, 4.69) is 25.1 Å². The van der Waals surface area contributed by atoms with E-state index >= 15 is 0 Å². The number of thiazole rings is 1. The molecule has 0 aliphatic heterocycles. The molecule has 0 aliphatic carbocycles. The van der Waals surface area contributed by atoms with Crippen molar-refractivity contribution in [2.24, 2.45) is 0 Å². The third-order valence-electron chi connectivity index (χ3n) is 4.49. The summed E-state index contributed by atoms with van der Waals surface area (Å²) in [5.74, 6) is 0. The van der Waals surface area contributed by atoms with Crippen molar-refractivity contribution in [3.63, 3.8) is 0 Å². The molecule has 0 radical (unpaired) electrons. The Bertz CT molecular complexity index is 961. The van der Waals surface area contributed by atoms with Gasteiger partial charge in [-0.05, 0) is 38.4 Å². The van der Waals surface area contributed by atoms with Gasteiger partial charge in [0.1, 0.15) is 0 Å². The molecular formula is C20H24N6O2S. The highest BCUT2D eigenvalue weighted by Crippen LogP contribution is 2.28. The molecule has 0 atom stereocenters. The number of nitro benzene ring substituents is 1. The third kappa shape index (κ3) is 5.49. The topological polar surface area (TPSA) is 87.4 Å². The molecule has 2 heterocycles. The fraction of sp³-hybridized carbons (Fsp3) is 0.300. The van der Waals surface area contributed by atoms with Crippen molar-refractivity contribution in [1.29, 1.82) is 0 Å². The van der Waals surface area contributed by atoms with Crippen LogP contribution in [0.25, 0.3) is 11.3 Å². The zero-order chi connectivity index (χ0) is 20.8. The predicted molar refractivity (Wildman–Crippen MR) is 118 cm³/mol. The van der Waals surface area contributed by atoms with Crippen molar-refractivity contribution in [1.82, 2.24) is 14.9 Å². The van der Waals surface area contributed by atoms with E-state index in [1.165, 1.54) is 11.3 Å². The van der Waals surface area contributed by atoms with Crippen LogP contribution >= 0.6 is 11.3 Å². The number of pyridine rings is 1. The van der Waals surface area contributed by atoms with Gasteiger partial charge in [0, 0.05) is 61.8 Å². The first kappa shape index (κ1) is 20.7. The van der Waals surface area contributed by atoms with E-state index in [9.17, 15) is 10.1 Å². The molecule has 0 unspecified atom stereocenters. The highest BCUT2D eigenvalue weighted by molar-refractivity contribution is 7.14. The Morgan fingerprint density at radius 3 is 2.59 bits per heavy atom. The molecule has 0 bridgehead atoms. The molecular weight excluding hydrogens is 388 g/mol. The second-order valence-electron chi connectivity index (χ2n) is 6.92. The average molecular weight is 413 g/mol. The van der Waals surface area contributed by atoms with E-state index in [1.807, 2.05) is 44.7 Å². The highest BCUT2D eigenvalue weighted by Gasteiger charge is 2.16. The fourth-order valence-electron chi connectivity index (χ4n) is 2.79. The summed E-state index contributed by atoms with van der Waals surface area (Å²) in [6.07, 6.45) is 3.45. The molecule has 0 saturated heterocycles. The van der Waals surface area contributed by atoms with Gasteiger partial charge in [-0.2, -0.15) is 0 Å². The maximum Gasteiger partial charge on any atom is 0.274 e. The molecule has 3 aromatic rings. The molecule has 0 spiro atoms. The van der Waals surface area contributed by atoms with E-state index in [0.717, 1.165) is 35.2 Å². The largest absolute Gasteiger partial charge is 0.373 e. The maximum absolute atomic E-state index is 11.5. The first-order valence-corrected chi connectivity index (χ1v) is 10.0. The molecule has 0 aliphatic rings. The number of benzene rings is 1. The van der Waals surface area contributed by atoms with Crippen molar-refractivity contribution in [2.75, 3.05) is 44.4 Å². The second kappa shape index (κ2) is 9.44. The maximum atomic E-state index is 11.5. The Morgan fingerprint density at radius 1 is 1.14 bits per heavy atom. The molecule has 1 aromatic carbocycles. The van der Waals surface area contributed by atoms with Crippen LogP contribution in [0.3, 0.4) is 0 Å². The van der Waals surface area contributed by atoms with Crippen molar-refractivity contribution in [2.45, 2.75) is 6.54 Å². The summed E-state index contributed by atoms with van der Waals surface area (Å²) in [7, 11) is 6.03. The smallest absolute Gasteiger partial charge is 0.274 e. The lowest BCUT2D eigenvalue weighted by Gasteiger charge is -2.22. The van der Waals surface area contributed by atoms with Crippen molar-refractivity contribution in [3.8, 4) is 11.3 Å². The Hall–Kier alpha value is -3.04. The molecule has 8 nitrogen and oxygen atoms in total. The van der Waals surface area contributed by atoms with Gasteiger partial charge in [0.25, 0.3) is 5.69 Å². The van der Waals surface area contributed by atoms with Gasteiger partial charge in [-0.25, -0.2) is 4.98 Å². The monoisotopic (exact) mass is 412 g/mol. The summed E-state index contributed by atoms with van der Waals surface area (Å²) in [5.41, 5.74) is 3.52. The first-order chi connectivity index (χ1) is 13.9. The molecule has 1 N–H and O–H groups in total. The van der Waals surface area contributed by atoms with Crippen LogP contribution in [-0.4, -0.2) is 54.0 Å². The van der Waals surface area contributed by atoms with Gasteiger partial charge in [0.2, 0.25) is 0 Å². The number of nitrogens with zero attached hydrogens (tertiary/aromatic N) is 5. The second-order valence-corrected chi connectivity index (χ2v) is 7.78. The van der Waals surface area contributed by atoms with Crippen LogP contribution < -0.4 is 10.2 Å². The normalized spacial score (nSPS) is 10.9. The van der Waals surface area contributed by atoms with Crippen LogP contribution in [0.15, 0.2) is 48.1 Å². The van der Waals surface area contributed by atoms with Gasteiger partial charge in [-0.15, -0.1) is 11.3 Å². The van der Waals surface area contributed by atoms with Gasteiger partial charge in [0.05, 0.1) is 16.2 Å². The summed E-state index contributed by atoms with van der Waals surface area (Å²) in [6.45, 7) is 2.06. The lowest BCUT2D eigenvalue weighted by atomic mass is 10.1. The quantitative estimate of drug-likeness (QED) is 0.423. The standard InChI is InChI=1S/C20H24N6O2S/c1-24(2)10-11-25(3)17-4-5-19(26(27)28)16(12-17)13-22-20-23-18(14-29-20)15-6-8-21-9-7-15/h4-9,12,14H,10-11,13H2,1-3H3,(H,22,23). The number of aromatic nitrogens is 2. The third-order valence-corrected chi connectivity index (χ3v) is 5.29. The number of hydrogen-bond donors (Lipinski definition) is 1. The number of likely N-dealkylation sites (N-methyl/N-ethyl adjacent to an activating group) is 2. The van der Waals surface area contributed by atoms with Gasteiger partial charge in [-0.1, -0.05) is 0 Å². The van der Waals surface area contributed by atoms with Crippen molar-refractivity contribution in [3.05, 3.63) is 63.8 Å². The van der Waals surface area contributed by atoms with Crippen molar-refractivity contribution < 1.29 is 4.92 Å². The molecule has 152 valence electrons. The zero-order valence-electron chi connectivity index (χ0n) is 16.7. The Labute approximate surface area is 174 Å². The van der Waals surface area contributed by atoms with Crippen LogP contribution in [-0.2, 0) is 6.54 Å². The SMILES string of the molecule is CN(C)CCN(C)c1ccc([N+](=O)[O-])c(CNc2nc(-c3ccncc3)cs2)c1. The minimum atomic E-state index is -0.342. The summed E-state index contributed by atoms with van der Waals surface area (Å²) in [4.78, 5) is 23.9. The van der Waals surface area contributed by atoms with Gasteiger partial charge in [-0.3, -0.25) is 15.1 Å². The molecule has 3 rings (SSSR count). The summed E-state index contributed by atoms with van der Waals surface area (Å²) < 4.78 is 0. The van der Waals surface area contributed by atoms with Crippen molar-refractivity contribution >= 4 is 27.8 Å². The van der Waals surface area contributed by atoms with Crippen LogP contribution in [0.4, 0.5) is 16.5 Å². The summed E-state index contributed by atoms with van der Waals surface area (Å²) >= 11 is 1.47. The molecule has 29 heavy (non-hydrogen) atoms. The fourth-order valence-corrected chi connectivity index (χ4v) is 3.51. The van der Waals surface area contributed by atoms with E-state index in [-0.39, 0.29) is 10.6 Å². The Kier molecular flexibility index (Phi) is 6.73. The predicted octanol–water partition coefficient (Wildman–Crippen LogP) is 3.72. The minimum absolute atomic E-state index is 0.105. The number of anilines is 2. The number of hydrogen-bond acceptors (Lipinski definition) is 8. The Morgan fingerprint density at radius 2 is 1.90 bits per heavy atom. The summed E-state index contributed by atoms with van der Waals surface area (Å²) in [5, 5.41) is 17.4. The van der Waals surface area contributed by atoms with Crippen LogP contribution in [0, 0.1) is 10.1 Å². The van der Waals surface area contributed by atoms with Crippen LogP contribution in [0.1, 0.15) is 5.56 Å². The average Bonchev–Trinajstić information content (AvgIpc) is 3.20. The number of nitro groups is 1. The molecule has 0 saturated carbocycles. The number of nitrogens with one attached hydrogen (secondary N) is 1. The molecule has 0 fully saturated rings. The van der Waals surface area contributed by atoms with E-state index in [1.54, 1.807) is 24.5 Å². The van der Waals surface area contributed by atoms with Gasteiger partial charge >= 0.3 is 0 Å². The van der Waals surface area contributed by atoms with E-state index < -0.39 is 0 Å². The zero-order valence-corrected chi connectivity index (χ0v) is 17.5. The Balaban J connectivity index is 1.74.